The Morgan fingerprint density at radius 2 is 1.10 bits per heavy atom. The van der Waals surface area contributed by atoms with Crippen LogP contribution in [-0.4, -0.2) is 5.78 Å². The largest absolute Gasteiger partial charge is 0.289 e. The number of rotatable bonds is 3. The summed E-state index contributed by atoms with van der Waals surface area (Å²) in [5.41, 5.74) is 3.72. The van der Waals surface area contributed by atoms with Gasteiger partial charge in [-0.1, -0.05) is 54.6 Å². The molecule has 0 fully saturated rings. The zero-order chi connectivity index (χ0) is 14.7. The van der Waals surface area contributed by atoms with E-state index in [2.05, 4.69) is 34.7 Å². The molecule has 2 heteroatoms. The minimum atomic E-state index is 0.0611. The molecular weight excluding hydrogens is 371 g/mol. The molecule has 1 nitrogen and oxygen atoms in total. The number of benzene rings is 3. The second kappa shape index (κ2) is 6.22. The van der Waals surface area contributed by atoms with Gasteiger partial charge in [0.1, 0.15) is 0 Å². The van der Waals surface area contributed by atoms with Gasteiger partial charge in [0.15, 0.2) is 5.78 Å². The zero-order valence-electron chi connectivity index (χ0n) is 11.3. The molecule has 0 spiro atoms. The highest BCUT2D eigenvalue weighted by Crippen LogP contribution is 2.20. The number of halogens is 1. The van der Waals surface area contributed by atoms with E-state index >= 15 is 0 Å². The molecule has 0 radical (unpaired) electrons. The van der Waals surface area contributed by atoms with Crippen molar-refractivity contribution in [3.63, 3.8) is 0 Å². The molecule has 0 N–H and O–H groups in total. The third-order valence-electron chi connectivity index (χ3n) is 3.36. The number of hydrogen-bond donors (Lipinski definition) is 0. The van der Waals surface area contributed by atoms with Crippen LogP contribution in [0.25, 0.3) is 11.1 Å². The van der Waals surface area contributed by atoms with Crippen molar-refractivity contribution in [3.05, 3.63) is 93.6 Å². The van der Waals surface area contributed by atoms with Crippen molar-refractivity contribution < 1.29 is 4.79 Å². The maximum absolute atomic E-state index is 12.4. The highest BCUT2D eigenvalue weighted by molar-refractivity contribution is 14.1. The summed E-state index contributed by atoms with van der Waals surface area (Å²) in [5, 5.41) is 0. The lowest BCUT2D eigenvalue weighted by Crippen LogP contribution is -2.00. The molecule has 0 unspecified atom stereocenters. The van der Waals surface area contributed by atoms with E-state index in [0.29, 0.717) is 0 Å². The summed E-state index contributed by atoms with van der Waals surface area (Å²) in [4.78, 5) is 12.4. The minimum absolute atomic E-state index is 0.0611. The first-order chi connectivity index (χ1) is 10.2. The first-order valence-corrected chi connectivity index (χ1v) is 7.78. The normalized spacial score (nSPS) is 10.3. The van der Waals surface area contributed by atoms with Crippen LogP contribution in [0.5, 0.6) is 0 Å². The van der Waals surface area contributed by atoms with Crippen molar-refractivity contribution in [1.29, 1.82) is 0 Å². The zero-order valence-corrected chi connectivity index (χ0v) is 13.4. The predicted molar refractivity (Wildman–Crippen MR) is 94.5 cm³/mol. The maximum atomic E-state index is 12.4. The van der Waals surface area contributed by atoms with E-state index in [-0.39, 0.29) is 5.78 Å². The monoisotopic (exact) mass is 384 g/mol. The molecule has 0 aliphatic rings. The average molecular weight is 384 g/mol. The van der Waals surface area contributed by atoms with E-state index < -0.39 is 0 Å². The van der Waals surface area contributed by atoms with Crippen molar-refractivity contribution in [2.24, 2.45) is 0 Å². The third kappa shape index (κ3) is 3.22. The Balaban J connectivity index is 1.87. The van der Waals surface area contributed by atoms with E-state index in [1.807, 2.05) is 66.7 Å². The summed E-state index contributed by atoms with van der Waals surface area (Å²) in [6.45, 7) is 0. The fourth-order valence-electron chi connectivity index (χ4n) is 2.21. The molecule has 3 aromatic rings. The number of ketones is 1. The number of carbonyl (C=O) groups excluding carboxylic acids is 1. The van der Waals surface area contributed by atoms with Crippen LogP contribution >= 0.6 is 22.6 Å². The lowest BCUT2D eigenvalue weighted by molar-refractivity contribution is 0.103. The molecule has 0 heterocycles. The molecule has 102 valence electrons. The van der Waals surface area contributed by atoms with Crippen LogP contribution in [0.4, 0.5) is 0 Å². The Kier molecular flexibility index (Phi) is 4.15. The van der Waals surface area contributed by atoms with Crippen LogP contribution in [-0.2, 0) is 0 Å². The molecule has 0 atom stereocenters. The van der Waals surface area contributed by atoms with Gasteiger partial charge in [-0.15, -0.1) is 0 Å². The Morgan fingerprint density at radius 1 is 0.619 bits per heavy atom. The Hall–Kier alpha value is -1.94. The average Bonchev–Trinajstić information content (AvgIpc) is 2.56. The van der Waals surface area contributed by atoms with Crippen LogP contribution in [0.2, 0.25) is 0 Å². The summed E-state index contributed by atoms with van der Waals surface area (Å²) < 4.78 is 1.13. The molecule has 3 rings (SSSR count). The van der Waals surface area contributed by atoms with Crippen LogP contribution < -0.4 is 0 Å². The first kappa shape index (κ1) is 14.0. The van der Waals surface area contributed by atoms with Gasteiger partial charge in [-0.05, 0) is 58.0 Å². The fraction of sp³-hybridized carbons (Fsp3) is 0. The summed E-state index contributed by atoms with van der Waals surface area (Å²) in [6.07, 6.45) is 0. The second-order valence-corrected chi connectivity index (χ2v) is 6.03. The molecule has 21 heavy (non-hydrogen) atoms. The molecule has 0 aliphatic carbocycles. The molecule has 0 saturated carbocycles. The van der Waals surface area contributed by atoms with Gasteiger partial charge in [0.05, 0.1) is 0 Å². The van der Waals surface area contributed by atoms with Crippen LogP contribution in [0.15, 0.2) is 78.9 Å². The van der Waals surface area contributed by atoms with Gasteiger partial charge in [0.25, 0.3) is 0 Å². The molecule has 0 saturated heterocycles. The second-order valence-electron chi connectivity index (χ2n) is 4.78. The van der Waals surface area contributed by atoms with Gasteiger partial charge in [-0.25, -0.2) is 0 Å². The van der Waals surface area contributed by atoms with Gasteiger partial charge in [-0.2, -0.15) is 0 Å². The van der Waals surface area contributed by atoms with Crippen molar-refractivity contribution in [2.45, 2.75) is 0 Å². The first-order valence-electron chi connectivity index (χ1n) is 6.70. The topological polar surface area (TPSA) is 17.1 Å². The van der Waals surface area contributed by atoms with E-state index in [0.717, 1.165) is 25.8 Å². The fourth-order valence-corrected chi connectivity index (χ4v) is 2.57. The van der Waals surface area contributed by atoms with Crippen molar-refractivity contribution in [3.8, 4) is 11.1 Å². The molecular formula is C19H13IO. The lowest BCUT2D eigenvalue weighted by atomic mass is 9.99. The van der Waals surface area contributed by atoms with Crippen molar-refractivity contribution >= 4 is 28.4 Å². The smallest absolute Gasteiger partial charge is 0.193 e. The summed E-state index contributed by atoms with van der Waals surface area (Å²) in [7, 11) is 0. The Morgan fingerprint density at radius 3 is 1.67 bits per heavy atom. The predicted octanol–water partition coefficient (Wildman–Crippen LogP) is 5.19. The lowest BCUT2D eigenvalue weighted by Gasteiger charge is -2.04. The summed E-state index contributed by atoms with van der Waals surface area (Å²) in [5.74, 6) is 0.0611. The van der Waals surface area contributed by atoms with Crippen LogP contribution in [0, 0.1) is 3.57 Å². The SMILES string of the molecule is O=C(c1ccc(I)cc1)c1ccc(-c2ccccc2)cc1. The van der Waals surface area contributed by atoms with Gasteiger partial charge in [-0.3, -0.25) is 4.79 Å². The quantitative estimate of drug-likeness (QED) is 0.449. The van der Waals surface area contributed by atoms with Crippen molar-refractivity contribution in [2.75, 3.05) is 0 Å². The van der Waals surface area contributed by atoms with E-state index in [4.69, 9.17) is 0 Å². The Labute approximate surface area is 137 Å². The standard InChI is InChI=1S/C19H13IO/c20-18-12-10-17(11-13-18)19(21)16-8-6-15(7-9-16)14-4-2-1-3-5-14/h1-13H. The van der Waals surface area contributed by atoms with Crippen LogP contribution in [0.3, 0.4) is 0 Å². The van der Waals surface area contributed by atoms with E-state index in [1.165, 1.54) is 0 Å². The van der Waals surface area contributed by atoms with Crippen molar-refractivity contribution in [1.82, 2.24) is 0 Å². The molecule has 3 aromatic carbocycles. The number of carbonyl (C=O) groups is 1. The molecule has 0 aromatic heterocycles. The summed E-state index contributed by atoms with van der Waals surface area (Å²) in [6, 6.07) is 25.6. The van der Waals surface area contributed by atoms with Gasteiger partial charge in [0, 0.05) is 14.7 Å². The van der Waals surface area contributed by atoms with Gasteiger partial charge < -0.3 is 0 Å². The van der Waals surface area contributed by atoms with Crippen LogP contribution in [0.1, 0.15) is 15.9 Å². The van der Waals surface area contributed by atoms with E-state index in [9.17, 15) is 4.79 Å². The van der Waals surface area contributed by atoms with Gasteiger partial charge >= 0.3 is 0 Å². The third-order valence-corrected chi connectivity index (χ3v) is 4.08. The van der Waals surface area contributed by atoms with E-state index in [1.54, 1.807) is 0 Å². The summed E-state index contributed by atoms with van der Waals surface area (Å²) >= 11 is 2.23. The Bertz CT molecular complexity index is 744. The molecule has 0 aliphatic heterocycles. The highest BCUT2D eigenvalue weighted by Gasteiger charge is 2.08. The molecule has 0 amide bonds. The van der Waals surface area contributed by atoms with Gasteiger partial charge in [0.2, 0.25) is 0 Å². The maximum Gasteiger partial charge on any atom is 0.193 e. The highest BCUT2D eigenvalue weighted by atomic mass is 127. The minimum Gasteiger partial charge on any atom is -0.289 e. The number of hydrogen-bond acceptors (Lipinski definition) is 1. The molecule has 0 bridgehead atoms.